The molecule has 0 saturated carbocycles. The van der Waals surface area contributed by atoms with Crippen LogP contribution in [0.15, 0.2) is 54.9 Å². The minimum Gasteiger partial charge on any atom is -0.381 e. The number of hydrogen-bond donors (Lipinski definition) is 1. The number of tetrazole rings is 1. The van der Waals surface area contributed by atoms with Crippen molar-refractivity contribution in [2.75, 3.05) is 5.32 Å². The van der Waals surface area contributed by atoms with E-state index < -0.39 is 0 Å². The van der Waals surface area contributed by atoms with E-state index in [1.165, 1.54) is 0 Å². The van der Waals surface area contributed by atoms with E-state index in [0.717, 1.165) is 16.9 Å². The molecule has 0 unspecified atom stereocenters. The Bertz CT molecular complexity index is 756. The molecule has 102 valence electrons. The van der Waals surface area contributed by atoms with Crippen LogP contribution in [0, 0.1) is 11.3 Å². The molecule has 0 amide bonds. The average molecular weight is 276 g/mol. The molecule has 0 fully saturated rings. The molecule has 0 radical (unpaired) electrons. The molecular weight excluding hydrogens is 264 g/mol. The summed E-state index contributed by atoms with van der Waals surface area (Å²) < 4.78 is 1.60. The maximum Gasteiger partial charge on any atom is 0.143 e. The van der Waals surface area contributed by atoms with Crippen LogP contribution in [-0.2, 0) is 6.54 Å². The summed E-state index contributed by atoms with van der Waals surface area (Å²) in [5, 5.41) is 23.2. The van der Waals surface area contributed by atoms with Gasteiger partial charge >= 0.3 is 0 Å². The van der Waals surface area contributed by atoms with Gasteiger partial charge in [-0.05, 0) is 46.3 Å². The Balaban J connectivity index is 1.70. The number of nitriles is 1. The highest BCUT2D eigenvalue weighted by Gasteiger charge is 2.00. The normalized spacial score (nSPS) is 10.0. The summed E-state index contributed by atoms with van der Waals surface area (Å²) in [4.78, 5) is 0. The van der Waals surface area contributed by atoms with Crippen LogP contribution in [0.3, 0.4) is 0 Å². The Hall–Kier alpha value is -3.20. The molecule has 6 heteroatoms. The third kappa shape index (κ3) is 3.04. The zero-order valence-electron chi connectivity index (χ0n) is 11.1. The van der Waals surface area contributed by atoms with Gasteiger partial charge in [-0.25, -0.2) is 4.68 Å². The van der Waals surface area contributed by atoms with Gasteiger partial charge in [0.15, 0.2) is 0 Å². The molecule has 1 heterocycles. The molecular formula is C15H12N6. The van der Waals surface area contributed by atoms with Crippen LogP contribution in [0.4, 0.5) is 5.69 Å². The van der Waals surface area contributed by atoms with Crippen LogP contribution in [-0.4, -0.2) is 20.2 Å². The topological polar surface area (TPSA) is 79.4 Å². The van der Waals surface area contributed by atoms with Crippen molar-refractivity contribution in [2.24, 2.45) is 0 Å². The van der Waals surface area contributed by atoms with Crippen LogP contribution in [0.1, 0.15) is 11.1 Å². The van der Waals surface area contributed by atoms with Crippen LogP contribution < -0.4 is 5.32 Å². The van der Waals surface area contributed by atoms with E-state index in [1.54, 1.807) is 11.0 Å². The van der Waals surface area contributed by atoms with Crippen LogP contribution in [0.5, 0.6) is 0 Å². The van der Waals surface area contributed by atoms with Gasteiger partial charge in [-0.3, -0.25) is 0 Å². The molecule has 2 aromatic carbocycles. The molecule has 0 aliphatic rings. The van der Waals surface area contributed by atoms with Gasteiger partial charge in [0.25, 0.3) is 0 Å². The third-order valence-electron chi connectivity index (χ3n) is 3.04. The summed E-state index contributed by atoms with van der Waals surface area (Å²) in [5.74, 6) is 0. The Morgan fingerprint density at radius 2 is 2.00 bits per heavy atom. The second kappa shape index (κ2) is 5.84. The van der Waals surface area contributed by atoms with E-state index in [9.17, 15) is 0 Å². The Labute approximate surface area is 121 Å². The summed E-state index contributed by atoms with van der Waals surface area (Å²) in [5.41, 5.74) is 3.65. The first kappa shape index (κ1) is 12.8. The van der Waals surface area contributed by atoms with Gasteiger partial charge in [0.2, 0.25) is 0 Å². The zero-order valence-corrected chi connectivity index (χ0v) is 11.1. The van der Waals surface area contributed by atoms with Crippen molar-refractivity contribution in [2.45, 2.75) is 6.54 Å². The Kier molecular flexibility index (Phi) is 3.56. The Morgan fingerprint density at radius 3 is 2.71 bits per heavy atom. The largest absolute Gasteiger partial charge is 0.381 e. The lowest BCUT2D eigenvalue weighted by Crippen LogP contribution is -2.01. The lowest BCUT2D eigenvalue weighted by atomic mass is 10.1. The Morgan fingerprint density at radius 1 is 1.14 bits per heavy atom. The van der Waals surface area contributed by atoms with Crippen molar-refractivity contribution in [3.63, 3.8) is 0 Å². The van der Waals surface area contributed by atoms with Crippen molar-refractivity contribution in [3.8, 4) is 11.8 Å². The molecule has 1 N–H and O–H groups in total. The van der Waals surface area contributed by atoms with E-state index in [1.807, 2.05) is 48.5 Å². The molecule has 0 atom stereocenters. The summed E-state index contributed by atoms with van der Waals surface area (Å²) in [6.45, 7) is 0.685. The second-order valence-electron chi connectivity index (χ2n) is 4.47. The van der Waals surface area contributed by atoms with Gasteiger partial charge in [0.1, 0.15) is 6.33 Å². The molecule has 0 spiro atoms. The van der Waals surface area contributed by atoms with E-state index in [0.29, 0.717) is 12.1 Å². The van der Waals surface area contributed by atoms with Crippen LogP contribution >= 0.6 is 0 Å². The van der Waals surface area contributed by atoms with E-state index >= 15 is 0 Å². The summed E-state index contributed by atoms with van der Waals surface area (Å²) in [6, 6.07) is 17.5. The maximum atomic E-state index is 8.77. The van der Waals surface area contributed by atoms with Crippen molar-refractivity contribution >= 4 is 5.69 Å². The predicted octanol–water partition coefficient (Wildman–Crippen LogP) is 2.15. The van der Waals surface area contributed by atoms with Gasteiger partial charge in [-0.1, -0.05) is 18.2 Å². The molecule has 6 nitrogen and oxygen atoms in total. The molecule has 0 aliphatic heterocycles. The smallest absolute Gasteiger partial charge is 0.143 e. The van der Waals surface area contributed by atoms with Gasteiger partial charge in [-0.2, -0.15) is 5.26 Å². The number of aromatic nitrogens is 4. The number of rotatable bonds is 4. The summed E-state index contributed by atoms with van der Waals surface area (Å²) >= 11 is 0. The predicted molar refractivity (Wildman–Crippen MR) is 77.6 cm³/mol. The monoisotopic (exact) mass is 276 g/mol. The van der Waals surface area contributed by atoms with E-state index in [4.69, 9.17) is 5.26 Å². The lowest BCUT2D eigenvalue weighted by molar-refractivity contribution is 0.789. The van der Waals surface area contributed by atoms with E-state index in [-0.39, 0.29) is 0 Å². The van der Waals surface area contributed by atoms with Crippen LogP contribution in [0.2, 0.25) is 0 Å². The highest BCUT2D eigenvalue weighted by Crippen LogP contribution is 2.14. The van der Waals surface area contributed by atoms with Crippen LogP contribution in [0.25, 0.3) is 5.69 Å². The number of benzene rings is 2. The van der Waals surface area contributed by atoms with Crippen molar-refractivity contribution < 1.29 is 0 Å². The molecule has 3 rings (SSSR count). The summed E-state index contributed by atoms with van der Waals surface area (Å²) in [6.07, 6.45) is 1.56. The van der Waals surface area contributed by atoms with Crippen molar-refractivity contribution in [1.29, 1.82) is 5.26 Å². The number of hydrogen-bond acceptors (Lipinski definition) is 5. The van der Waals surface area contributed by atoms with Gasteiger partial charge in [-0.15, -0.1) is 5.10 Å². The molecule has 0 aliphatic carbocycles. The van der Waals surface area contributed by atoms with Crippen molar-refractivity contribution in [1.82, 2.24) is 20.2 Å². The fourth-order valence-electron chi connectivity index (χ4n) is 1.94. The average Bonchev–Trinajstić information content (AvgIpc) is 3.08. The third-order valence-corrected chi connectivity index (χ3v) is 3.04. The van der Waals surface area contributed by atoms with Crippen molar-refractivity contribution in [3.05, 3.63) is 66.0 Å². The second-order valence-corrected chi connectivity index (χ2v) is 4.47. The highest BCUT2D eigenvalue weighted by molar-refractivity contribution is 5.51. The lowest BCUT2D eigenvalue weighted by Gasteiger charge is -2.08. The molecule has 0 saturated heterocycles. The molecule has 1 aromatic heterocycles. The number of nitrogens with zero attached hydrogens (tertiary/aromatic N) is 5. The minimum atomic E-state index is 0.666. The quantitative estimate of drug-likeness (QED) is 0.789. The number of nitrogens with one attached hydrogen (secondary N) is 1. The maximum absolute atomic E-state index is 8.77. The molecule has 3 aromatic rings. The fraction of sp³-hybridized carbons (Fsp3) is 0.0667. The molecule has 0 bridgehead atoms. The first-order valence-corrected chi connectivity index (χ1v) is 6.41. The highest BCUT2D eigenvalue weighted by atomic mass is 15.5. The van der Waals surface area contributed by atoms with Gasteiger partial charge in [0.05, 0.1) is 17.3 Å². The first-order chi connectivity index (χ1) is 10.3. The number of anilines is 1. The first-order valence-electron chi connectivity index (χ1n) is 6.41. The summed E-state index contributed by atoms with van der Waals surface area (Å²) in [7, 11) is 0. The SMILES string of the molecule is N#Cc1ccc(CNc2cccc(-n3cnnn3)c2)cc1. The minimum absolute atomic E-state index is 0.666. The van der Waals surface area contributed by atoms with Gasteiger partial charge in [0, 0.05) is 12.2 Å². The fourth-order valence-corrected chi connectivity index (χ4v) is 1.94. The van der Waals surface area contributed by atoms with E-state index in [2.05, 4.69) is 26.9 Å². The standard InChI is InChI=1S/C15H12N6/c16-9-12-4-6-13(7-5-12)10-17-14-2-1-3-15(8-14)21-11-18-19-20-21/h1-8,11,17H,10H2. The molecule has 21 heavy (non-hydrogen) atoms. The zero-order chi connectivity index (χ0) is 14.5. The van der Waals surface area contributed by atoms with Gasteiger partial charge < -0.3 is 5.32 Å².